The molecule has 0 aliphatic rings. The fraction of sp³-hybridized carbons (Fsp3) is 0.455. The van der Waals surface area contributed by atoms with Crippen molar-refractivity contribution in [1.29, 1.82) is 0 Å². The Balaban J connectivity index is 1.71. The van der Waals surface area contributed by atoms with E-state index in [1.807, 2.05) is 0 Å². The molecule has 0 bridgehead atoms. The van der Waals surface area contributed by atoms with Crippen molar-refractivity contribution in [2.45, 2.75) is 130 Å². The Morgan fingerprint density at radius 2 is 0.682 bits per heavy atom. The molecule has 0 aliphatic heterocycles. The number of unbranched alkanes of at least 4 members (excludes halogenated alkanes) is 8. The molecule has 0 spiro atoms. The Labute approximate surface area is 266 Å². The van der Waals surface area contributed by atoms with Crippen LogP contribution < -0.4 is 0 Å². The Bertz CT molecular complexity index is 1710. The molecule has 0 radical (unpaired) electrons. The standard InChI is InChI=1S/C44H54/c1-5-9-13-17-31-21-25-35-37-27-24-34(20-16-12-8-4)42-40-30-32(18-14-10-6-2)22-26-36(40)38-28-23-33(19-15-11-7-3)41(39(35)29-31)43(38)44(37)42/h21-30H,5-20H2,1-4H3. The van der Waals surface area contributed by atoms with E-state index in [4.69, 9.17) is 0 Å². The van der Waals surface area contributed by atoms with Crippen LogP contribution in [0.5, 0.6) is 0 Å². The van der Waals surface area contributed by atoms with E-state index >= 15 is 0 Å². The summed E-state index contributed by atoms with van der Waals surface area (Å²) in [6.45, 7) is 9.26. The molecule has 44 heavy (non-hydrogen) atoms. The third-order valence-corrected chi connectivity index (χ3v) is 10.4. The SMILES string of the molecule is CCCCCc1ccc2c(c1)c1c(CCCCC)ccc3c4ccc(CCCCC)cc4c4c(CCCCC)ccc2c4c31. The lowest BCUT2D eigenvalue weighted by Crippen LogP contribution is -1.98. The second kappa shape index (κ2) is 14.3. The average Bonchev–Trinajstić information content (AvgIpc) is 3.05. The maximum absolute atomic E-state index is 2.58. The summed E-state index contributed by atoms with van der Waals surface area (Å²) in [6, 6.07) is 25.0. The summed E-state index contributed by atoms with van der Waals surface area (Å²) < 4.78 is 0. The lowest BCUT2D eigenvalue weighted by molar-refractivity contribution is 0.717. The van der Waals surface area contributed by atoms with Crippen molar-refractivity contribution in [3.63, 3.8) is 0 Å². The van der Waals surface area contributed by atoms with E-state index in [2.05, 4.69) is 88.4 Å². The van der Waals surface area contributed by atoms with Crippen molar-refractivity contribution < 1.29 is 0 Å². The predicted octanol–water partition coefficient (Wildman–Crippen LogP) is 13.8. The molecule has 0 heteroatoms. The van der Waals surface area contributed by atoms with Gasteiger partial charge in [0.2, 0.25) is 0 Å². The highest BCUT2D eigenvalue weighted by Crippen LogP contribution is 2.47. The molecule has 0 saturated carbocycles. The van der Waals surface area contributed by atoms with Crippen LogP contribution in [0.15, 0.2) is 60.7 Å². The third kappa shape index (κ3) is 5.94. The molecule has 0 heterocycles. The molecule has 0 aromatic heterocycles. The number of hydrogen-bond acceptors (Lipinski definition) is 0. The van der Waals surface area contributed by atoms with Crippen molar-refractivity contribution in [2.75, 3.05) is 0 Å². The molecule has 0 amide bonds. The topological polar surface area (TPSA) is 0 Å². The number of hydrogen-bond donors (Lipinski definition) is 0. The van der Waals surface area contributed by atoms with Crippen LogP contribution in [0.2, 0.25) is 0 Å². The molecule has 0 fully saturated rings. The lowest BCUT2D eigenvalue weighted by atomic mass is 9.81. The number of fused-ring (bicyclic) bond motifs is 6. The van der Waals surface area contributed by atoms with Gasteiger partial charge in [0.15, 0.2) is 0 Å². The van der Waals surface area contributed by atoms with Gasteiger partial charge in [0.25, 0.3) is 0 Å². The van der Waals surface area contributed by atoms with Gasteiger partial charge >= 0.3 is 0 Å². The summed E-state index contributed by atoms with van der Waals surface area (Å²) in [5.74, 6) is 0. The van der Waals surface area contributed by atoms with Crippen LogP contribution in [0.25, 0.3) is 53.9 Å². The maximum Gasteiger partial charge on any atom is -0.00110 e. The highest BCUT2D eigenvalue weighted by atomic mass is 14.2. The van der Waals surface area contributed by atoms with Gasteiger partial charge < -0.3 is 0 Å². The highest BCUT2D eigenvalue weighted by molar-refractivity contribution is 6.40. The molecule has 0 atom stereocenters. The van der Waals surface area contributed by atoms with Crippen LogP contribution in [-0.2, 0) is 25.7 Å². The van der Waals surface area contributed by atoms with Gasteiger partial charge in [-0.15, -0.1) is 0 Å². The van der Waals surface area contributed by atoms with E-state index < -0.39 is 0 Å². The monoisotopic (exact) mass is 582 g/mol. The molecule has 0 unspecified atom stereocenters. The Morgan fingerprint density at radius 3 is 1.07 bits per heavy atom. The van der Waals surface area contributed by atoms with Crippen molar-refractivity contribution in [3.05, 3.63) is 82.9 Å². The van der Waals surface area contributed by atoms with E-state index in [0.717, 1.165) is 0 Å². The molecule has 230 valence electrons. The van der Waals surface area contributed by atoms with Crippen LogP contribution in [0.4, 0.5) is 0 Å². The molecule has 0 nitrogen and oxygen atoms in total. The van der Waals surface area contributed by atoms with Gasteiger partial charge in [-0.3, -0.25) is 0 Å². The van der Waals surface area contributed by atoms with E-state index in [9.17, 15) is 0 Å². The summed E-state index contributed by atoms with van der Waals surface area (Å²) in [5.41, 5.74) is 6.11. The normalized spacial score (nSPS) is 12.2. The van der Waals surface area contributed by atoms with Gasteiger partial charge in [0.05, 0.1) is 0 Å². The second-order valence-corrected chi connectivity index (χ2v) is 13.6. The smallest absolute Gasteiger partial charge is 0.00110 e. The Morgan fingerprint density at radius 1 is 0.318 bits per heavy atom. The minimum absolute atomic E-state index is 1.17. The van der Waals surface area contributed by atoms with Crippen molar-refractivity contribution in [2.24, 2.45) is 0 Å². The van der Waals surface area contributed by atoms with Gasteiger partial charge in [0.1, 0.15) is 0 Å². The first-order valence-corrected chi connectivity index (χ1v) is 18.3. The predicted molar refractivity (Wildman–Crippen MR) is 198 cm³/mol. The van der Waals surface area contributed by atoms with Gasteiger partial charge in [-0.2, -0.15) is 0 Å². The number of benzene rings is 6. The van der Waals surface area contributed by atoms with Crippen LogP contribution in [0, 0.1) is 0 Å². The fourth-order valence-electron chi connectivity index (χ4n) is 7.96. The summed E-state index contributed by atoms with van der Waals surface area (Å²) in [4.78, 5) is 0. The molecule has 0 saturated heterocycles. The average molecular weight is 583 g/mol. The minimum atomic E-state index is 1.17. The zero-order valence-corrected chi connectivity index (χ0v) is 28.1. The minimum Gasteiger partial charge on any atom is -0.0654 e. The third-order valence-electron chi connectivity index (χ3n) is 10.4. The molecular formula is C44H54. The van der Waals surface area contributed by atoms with Gasteiger partial charge in [-0.05, 0) is 127 Å². The molecule has 0 aliphatic carbocycles. The van der Waals surface area contributed by atoms with Gasteiger partial charge in [0, 0.05) is 0 Å². The van der Waals surface area contributed by atoms with E-state index in [0.29, 0.717) is 0 Å². The van der Waals surface area contributed by atoms with Crippen molar-refractivity contribution >= 4 is 53.9 Å². The van der Waals surface area contributed by atoms with E-state index in [1.54, 1.807) is 21.9 Å². The maximum atomic E-state index is 2.58. The summed E-state index contributed by atoms with van der Waals surface area (Å²) in [7, 11) is 0. The lowest BCUT2D eigenvalue weighted by Gasteiger charge is -2.22. The molecular weight excluding hydrogens is 528 g/mol. The number of rotatable bonds is 16. The molecule has 6 aromatic rings. The van der Waals surface area contributed by atoms with Crippen molar-refractivity contribution in [1.82, 2.24) is 0 Å². The summed E-state index contributed by atoms with van der Waals surface area (Å²) in [5, 5.41) is 14.9. The number of aryl methyl sites for hydroxylation is 4. The Kier molecular flexibility index (Phi) is 10.1. The molecule has 6 rings (SSSR count). The fourth-order valence-corrected chi connectivity index (χ4v) is 7.96. The first-order chi connectivity index (χ1) is 21.7. The highest BCUT2D eigenvalue weighted by Gasteiger charge is 2.21. The quantitative estimate of drug-likeness (QED) is 0.0605. The van der Waals surface area contributed by atoms with E-state index in [1.165, 1.54) is 157 Å². The van der Waals surface area contributed by atoms with Crippen LogP contribution >= 0.6 is 0 Å². The summed E-state index contributed by atoms with van der Waals surface area (Å²) in [6.07, 6.45) is 20.1. The first-order valence-electron chi connectivity index (χ1n) is 18.3. The molecule has 6 aromatic carbocycles. The van der Waals surface area contributed by atoms with Crippen LogP contribution in [0.1, 0.15) is 127 Å². The second-order valence-electron chi connectivity index (χ2n) is 13.6. The zero-order valence-electron chi connectivity index (χ0n) is 28.1. The van der Waals surface area contributed by atoms with Gasteiger partial charge in [-0.25, -0.2) is 0 Å². The van der Waals surface area contributed by atoms with Crippen LogP contribution in [0.3, 0.4) is 0 Å². The summed E-state index contributed by atoms with van der Waals surface area (Å²) >= 11 is 0. The zero-order chi connectivity index (χ0) is 30.5. The van der Waals surface area contributed by atoms with Gasteiger partial charge in [-0.1, -0.05) is 140 Å². The van der Waals surface area contributed by atoms with E-state index in [-0.39, 0.29) is 0 Å². The largest absolute Gasteiger partial charge is 0.0654 e. The first kappa shape index (κ1) is 30.9. The van der Waals surface area contributed by atoms with Crippen LogP contribution in [-0.4, -0.2) is 0 Å². The van der Waals surface area contributed by atoms with Crippen molar-refractivity contribution in [3.8, 4) is 0 Å². The Hall–Kier alpha value is -3.12. The molecule has 0 N–H and O–H groups in total.